The van der Waals surface area contributed by atoms with Crippen molar-refractivity contribution in [3.8, 4) is 5.75 Å². The Bertz CT molecular complexity index is 804. The summed E-state index contributed by atoms with van der Waals surface area (Å²) in [6.07, 6.45) is 1.23. The summed E-state index contributed by atoms with van der Waals surface area (Å²) < 4.78 is 13.0. The first kappa shape index (κ1) is 16.3. The Kier molecular flexibility index (Phi) is 4.15. The lowest BCUT2D eigenvalue weighted by atomic mass is 9.95. The molecule has 1 aliphatic carbocycles. The molecule has 0 unspecified atom stereocenters. The molecule has 0 aliphatic heterocycles. The fourth-order valence-corrected chi connectivity index (χ4v) is 2.70. The first-order valence-corrected chi connectivity index (χ1v) is 7.65. The molecular formula is C17H14ClFN2O3. The Morgan fingerprint density at radius 1 is 1.08 bits per heavy atom. The fraction of sp³-hybridized carbons (Fsp3) is 0.176. The second-order valence-electron chi connectivity index (χ2n) is 5.66. The Morgan fingerprint density at radius 3 is 2.38 bits per heavy atom. The molecule has 0 heterocycles. The van der Waals surface area contributed by atoms with E-state index in [2.05, 4.69) is 10.9 Å². The molecule has 1 fully saturated rings. The zero-order chi connectivity index (χ0) is 17.3. The van der Waals surface area contributed by atoms with Gasteiger partial charge in [-0.25, -0.2) is 4.39 Å². The Hall–Kier alpha value is -2.60. The maximum atomic E-state index is 13.0. The molecule has 0 radical (unpaired) electrons. The van der Waals surface area contributed by atoms with Crippen LogP contribution in [0.1, 0.15) is 28.8 Å². The van der Waals surface area contributed by atoms with E-state index in [0.717, 1.165) is 0 Å². The third kappa shape index (κ3) is 3.05. The van der Waals surface area contributed by atoms with Crippen molar-refractivity contribution in [3.05, 3.63) is 64.4 Å². The first-order valence-electron chi connectivity index (χ1n) is 7.28. The van der Waals surface area contributed by atoms with E-state index >= 15 is 0 Å². The minimum absolute atomic E-state index is 0.0468. The van der Waals surface area contributed by atoms with Crippen molar-refractivity contribution in [2.45, 2.75) is 18.3 Å². The van der Waals surface area contributed by atoms with Gasteiger partial charge < -0.3 is 5.11 Å². The predicted molar refractivity (Wildman–Crippen MR) is 86.0 cm³/mol. The number of hydrogen-bond donors (Lipinski definition) is 3. The van der Waals surface area contributed by atoms with Crippen molar-refractivity contribution in [3.63, 3.8) is 0 Å². The average Bonchev–Trinajstić information content (AvgIpc) is 3.37. The van der Waals surface area contributed by atoms with Gasteiger partial charge in [0.2, 0.25) is 5.91 Å². The van der Waals surface area contributed by atoms with Crippen molar-refractivity contribution in [2.24, 2.45) is 0 Å². The summed E-state index contributed by atoms with van der Waals surface area (Å²) in [7, 11) is 0. The van der Waals surface area contributed by atoms with Crippen LogP contribution in [0.5, 0.6) is 5.75 Å². The van der Waals surface area contributed by atoms with Gasteiger partial charge in [0.25, 0.3) is 5.91 Å². The van der Waals surface area contributed by atoms with Crippen LogP contribution in [-0.2, 0) is 10.2 Å². The summed E-state index contributed by atoms with van der Waals surface area (Å²) in [5.41, 5.74) is 4.52. The number of rotatable bonds is 3. The number of nitrogens with one attached hydrogen (secondary N) is 2. The maximum absolute atomic E-state index is 13.0. The molecule has 0 saturated heterocycles. The number of carbonyl (C=O) groups excluding carboxylic acids is 2. The topological polar surface area (TPSA) is 78.4 Å². The molecule has 0 atom stereocenters. The largest absolute Gasteiger partial charge is 0.507 e. The summed E-state index contributed by atoms with van der Waals surface area (Å²) in [5, 5.41) is 9.97. The number of phenols is 1. The van der Waals surface area contributed by atoms with Gasteiger partial charge in [-0.1, -0.05) is 23.7 Å². The standard InChI is InChI=1S/C17H14ClFN2O3/c18-11-3-6-14(22)13(9-11)15(23)20-21-16(24)17(7-8-17)10-1-4-12(19)5-2-10/h1-6,9,22H,7-8H2,(H,20,23)(H,21,24). The van der Waals surface area contributed by atoms with Gasteiger partial charge in [0.05, 0.1) is 11.0 Å². The van der Waals surface area contributed by atoms with Gasteiger partial charge in [0.1, 0.15) is 11.6 Å². The Labute approximate surface area is 142 Å². The molecule has 2 amide bonds. The monoisotopic (exact) mass is 348 g/mol. The quantitative estimate of drug-likeness (QED) is 0.746. The van der Waals surface area contributed by atoms with Crippen LogP contribution in [0.2, 0.25) is 5.02 Å². The third-order valence-electron chi connectivity index (χ3n) is 4.07. The number of amides is 2. The molecule has 124 valence electrons. The summed E-state index contributed by atoms with van der Waals surface area (Å²) in [6.45, 7) is 0. The second-order valence-corrected chi connectivity index (χ2v) is 6.10. The number of hydrazine groups is 1. The minimum Gasteiger partial charge on any atom is -0.507 e. The van der Waals surface area contributed by atoms with E-state index in [9.17, 15) is 19.1 Å². The van der Waals surface area contributed by atoms with Gasteiger partial charge in [0.15, 0.2) is 0 Å². The maximum Gasteiger partial charge on any atom is 0.273 e. The summed E-state index contributed by atoms with van der Waals surface area (Å²) in [5.74, 6) is -1.69. The number of aromatic hydroxyl groups is 1. The SMILES string of the molecule is O=C(NNC(=O)C1(c2ccc(F)cc2)CC1)c1cc(Cl)ccc1O. The molecule has 1 aliphatic rings. The number of phenolic OH excluding ortho intramolecular Hbond substituents is 1. The highest BCUT2D eigenvalue weighted by molar-refractivity contribution is 6.31. The van der Waals surface area contributed by atoms with Gasteiger partial charge in [-0.3, -0.25) is 20.4 Å². The van der Waals surface area contributed by atoms with Crippen LogP contribution in [0, 0.1) is 5.82 Å². The molecule has 7 heteroatoms. The molecule has 2 aromatic rings. The van der Waals surface area contributed by atoms with Crippen LogP contribution in [0.25, 0.3) is 0 Å². The van der Waals surface area contributed by atoms with Crippen LogP contribution >= 0.6 is 11.6 Å². The van der Waals surface area contributed by atoms with Gasteiger partial charge in [-0.05, 0) is 48.7 Å². The van der Waals surface area contributed by atoms with Crippen LogP contribution in [0.3, 0.4) is 0 Å². The highest BCUT2D eigenvalue weighted by Crippen LogP contribution is 2.48. The van der Waals surface area contributed by atoms with E-state index < -0.39 is 11.3 Å². The predicted octanol–water partition coefficient (Wildman–Crippen LogP) is 2.68. The summed E-state index contributed by atoms with van der Waals surface area (Å²) in [4.78, 5) is 24.4. The average molecular weight is 349 g/mol. The van der Waals surface area contributed by atoms with E-state index in [1.165, 1.54) is 30.3 Å². The zero-order valence-corrected chi connectivity index (χ0v) is 13.2. The number of carbonyl (C=O) groups is 2. The number of halogens is 2. The lowest BCUT2D eigenvalue weighted by Gasteiger charge is -2.16. The zero-order valence-electron chi connectivity index (χ0n) is 12.5. The first-order chi connectivity index (χ1) is 11.4. The number of hydrogen-bond acceptors (Lipinski definition) is 3. The highest BCUT2D eigenvalue weighted by atomic mass is 35.5. The minimum atomic E-state index is -0.753. The van der Waals surface area contributed by atoms with E-state index in [4.69, 9.17) is 11.6 Å². The van der Waals surface area contributed by atoms with Crippen molar-refractivity contribution in [1.82, 2.24) is 10.9 Å². The van der Waals surface area contributed by atoms with Crippen molar-refractivity contribution in [1.29, 1.82) is 0 Å². The van der Waals surface area contributed by atoms with Gasteiger partial charge in [-0.15, -0.1) is 0 Å². The second kappa shape index (κ2) is 6.13. The van der Waals surface area contributed by atoms with Crippen molar-refractivity contribution in [2.75, 3.05) is 0 Å². The molecule has 3 N–H and O–H groups in total. The van der Waals surface area contributed by atoms with Crippen molar-refractivity contribution >= 4 is 23.4 Å². The van der Waals surface area contributed by atoms with E-state index in [1.54, 1.807) is 12.1 Å². The van der Waals surface area contributed by atoms with Gasteiger partial charge in [0, 0.05) is 5.02 Å². The Balaban J connectivity index is 1.68. The van der Waals surface area contributed by atoms with E-state index in [0.29, 0.717) is 18.4 Å². The van der Waals surface area contributed by atoms with Gasteiger partial charge >= 0.3 is 0 Å². The third-order valence-corrected chi connectivity index (χ3v) is 4.31. The highest BCUT2D eigenvalue weighted by Gasteiger charge is 2.51. The van der Waals surface area contributed by atoms with Gasteiger partial charge in [-0.2, -0.15) is 0 Å². The van der Waals surface area contributed by atoms with Crippen LogP contribution in [0.15, 0.2) is 42.5 Å². The smallest absolute Gasteiger partial charge is 0.273 e. The Morgan fingerprint density at radius 2 is 1.75 bits per heavy atom. The van der Waals surface area contributed by atoms with Crippen LogP contribution in [0.4, 0.5) is 4.39 Å². The fourth-order valence-electron chi connectivity index (χ4n) is 2.53. The molecule has 3 rings (SSSR count). The summed E-state index contributed by atoms with van der Waals surface area (Å²) >= 11 is 5.79. The van der Waals surface area contributed by atoms with Crippen LogP contribution in [-0.4, -0.2) is 16.9 Å². The molecular weight excluding hydrogens is 335 g/mol. The van der Waals surface area contributed by atoms with E-state index in [-0.39, 0.29) is 28.1 Å². The molecule has 5 nitrogen and oxygen atoms in total. The number of benzene rings is 2. The molecule has 0 aromatic heterocycles. The van der Waals surface area contributed by atoms with Crippen LogP contribution < -0.4 is 10.9 Å². The molecule has 0 bridgehead atoms. The molecule has 2 aromatic carbocycles. The lowest BCUT2D eigenvalue weighted by Crippen LogP contribution is -2.46. The van der Waals surface area contributed by atoms with Crippen molar-refractivity contribution < 1.29 is 19.1 Å². The van der Waals surface area contributed by atoms with E-state index in [1.807, 2.05) is 0 Å². The normalized spacial score (nSPS) is 14.8. The lowest BCUT2D eigenvalue weighted by molar-refractivity contribution is -0.124. The molecule has 1 saturated carbocycles. The summed E-state index contributed by atoms with van der Waals surface area (Å²) in [6, 6.07) is 9.75. The molecule has 24 heavy (non-hydrogen) atoms. The molecule has 0 spiro atoms.